The zero-order valence-corrected chi connectivity index (χ0v) is 11.5. The summed E-state index contributed by atoms with van der Waals surface area (Å²) in [7, 11) is 1.87. The monoisotopic (exact) mass is 289 g/mol. The summed E-state index contributed by atoms with van der Waals surface area (Å²) in [5, 5.41) is 9.40. The maximum Gasteiger partial charge on any atom is 0.337 e. The van der Waals surface area contributed by atoms with Crippen LogP contribution in [0.5, 0.6) is 0 Å². The maximum absolute atomic E-state index is 12.8. The molecule has 1 N–H and O–H groups in total. The first-order chi connectivity index (χ1) is 8.52. The number of carboxylic acids is 1. The Morgan fingerprint density at radius 3 is 2.63 bits per heavy atom. The van der Waals surface area contributed by atoms with Crippen LogP contribution >= 0.6 is 12.4 Å². The number of carboxylic acid groups (broad SMARTS) is 1. The van der Waals surface area contributed by atoms with Crippen LogP contribution in [0.4, 0.5) is 4.39 Å². The minimum absolute atomic E-state index is 0. The second-order valence-corrected chi connectivity index (χ2v) is 4.69. The molecule has 4 nitrogen and oxygen atoms in total. The van der Waals surface area contributed by atoms with Crippen LogP contribution in [0.2, 0.25) is 0 Å². The molecule has 2 rings (SSSR count). The van der Waals surface area contributed by atoms with Crippen LogP contribution in [0.25, 0.3) is 0 Å². The van der Waals surface area contributed by atoms with Crippen molar-refractivity contribution < 1.29 is 19.0 Å². The van der Waals surface area contributed by atoms with E-state index in [1.165, 1.54) is 12.1 Å². The number of morpholine rings is 1. The smallest absolute Gasteiger partial charge is 0.337 e. The summed E-state index contributed by atoms with van der Waals surface area (Å²) >= 11 is 0. The Kier molecular flexibility index (Phi) is 5.29. The zero-order chi connectivity index (χ0) is 13.2. The molecular formula is C13H17ClFNO3. The van der Waals surface area contributed by atoms with Crippen LogP contribution in [0.3, 0.4) is 0 Å². The summed E-state index contributed by atoms with van der Waals surface area (Å²) in [6.45, 7) is 1.45. The molecule has 0 spiro atoms. The number of aliphatic carboxylic acids is 1. The van der Waals surface area contributed by atoms with E-state index in [1.807, 2.05) is 11.9 Å². The normalized spacial score (nSPS) is 23.7. The molecule has 0 bridgehead atoms. The Labute approximate surface area is 117 Å². The molecule has 0 amide bonds. The van der Waals surface area contributed by atoms with Crippen molar-refractivity contribution in [2.45, 2.75) is 12.0 Å². The number of carbonyl (C=O) groups is 1. The highest BCUT2D eigenvalue weighted by molar-refractivity contribution is 5.85. The molecular weight excluding hydrogens is 273 g/mol. The van der Waals surface area contributed by atoms with Gasteiger partial charge in [-0.2, -0.15) is 0 Å². The molecule has 1 heterocycles. The molecule has 106 valence electrons. The van der Waals surface area contributed by atoms with Gasteiger partial charge in [0, 0.05) is 19.5 Å². The van der Waals surface area contributed by atoms with E-state index in [-0.39, 0.29) is 24.6 Å². The van der Waals surface area contributed by atoms with E-state index in [0.717, 1.165) is 12.1 Å². The molecule has 1 aromatic carbocycles. The third-order valence-corrected chi connectivity index (χ3v) is 3.17. The van der Waals surface area contributed by atoms with E-state index >= 15 is 0 Å². The minimum atomic E-state index is -1.23. The Morgan fingerprint density at radius 2 is 2.11 bits per heavy atom. The van der Waals surface area contributed by atoms with E-state index in [2.05, 4.69) is 0 Å². The van der Waals surface area contributed by atoms with Crippen LogP contribution in [0.15, 0.2) is 24.3 Å². The van der Waals surface area contributed by atoms with Crippen molar-refractivity contribution in [1.82, 2.24) is 4.90 Å². The number of ether oxygens (including phenoxy) is 1. The van der Waals surface area contributed by atoms with Gasteiger partial charge in [0.05, 0.1) is 6.61 Å². The van der Waals surface area contributed by atoms with E-state index in [1.54, 1.807) is 12.1 Å². The molecule has 0 aliphatic carbocycles. The van der Waals surface area contributed by atoms with Crippen LogP contribution in [-0.4, -0.2) is 48.3 Å². The molecule has 1 fully saturated rings. The lowest BCUT2D eigenvalue weighted by atomic mass is 9.92. The average molecular weight is 290 g/mol. The van der Waals surface area contributed by atoms with Crippen LogP contribution in [-0.2, 0) is 16.0 Å². The lowest BCUT2D eigenvalue weighted by Crippen LogP contribution is -2.56. The molecule has 0 radical (unpaired) electrons. The first kappa shape index (κ1) is 15.9. The SMILES string of the molecule is CN1CCOC(Cc2ccc(F)cc2)(C(=O)O)C1.Cl. The average Bonchev–Trinajstić information content (AvgIpc) is 2.32. The van der Waals surface area contributed by atoms with E-state index < -0.39 is 11.6 Å². The van der Waals surface area contributed by atoms with Gasteiger partial charge in [0.1, 0.15) is 5.82 Å². The maximum atomic E-state index is 12.8. The fraction of sp³-hybridized carbons (Fsp3) is 0.462. The van der Waals surface area contributed by atoms with Crippen molar-refractivity contribution in [3.8, 4) is 0 Å². The number of hydrogen-bond donors (Lipinski definition) is 1. The number of hydrogen-bond acceptors (Lipinski definition) is 3. The van der Waals surface area contributed by atoms with Crippen molar-refractivity contribution in [2.24, 2.45) is 0 Å². The predicted molar refractivity (Wildman–Crippen MR) is 71.2 cm³/mol. The van der Waals surface area contributed by atoms with Crippen LogP contribution in [0, 0.1) is 5.82 Å². The summed E-state index contributed by atoms with van der Waals surface area (Å²) in [6, 6.07) is 5.85. The van der Waals surface area contributed by atoms with Crippen LogP contribution < -0.4 is 0 Å². The number of rotatable bonds is 3. The summed E-state index contributed by atoms with van der Waals surface area (Å²) < 4.78 is 18.3. The lowest BCUT2D eigenvalue weighted by Gasteiger charge is -2.38. The van der Waals surface area contributed by atoms with Gasteiger partial charge in [-0.25, -0.2) is 9.18 Å². The van der Waals surface area contributed by atoms with Gasteiger partial charge in [-0.3, -0.25) is 0 Å². The number of likely N-dealkylation sites (N-methyl/N-ethyl adjacent to an activating group) is 1. The van der Waals surface area contributed by atoms with E-state index in [4.69, 9.17) is 4.74 Å². The molecule has 1 saturated heterocycles. The Hall–Kier alpha value is -1.17. The Balaban J connectivity index is 0.00000180. The summed E-state index contributed by atoms with van der Waals surface area (Å²) in [5.41, 5.74) is -0.473. The van der Waals surface area contributed by atoms with Gasteiger partial charge in [0.25, 0.3) is 0 Å². The van der Waals surface area contributed by atoms with E-state index in [0.29, 0.717) is 13.2 Å². The Morgan fingerprint density at radius 1 is 1.47 bits per heavy atom. The van der Waals surface area contributed by atoms with Gasteiger partial charge in [-0.1, -0.05) is 12.1 Å². The standard InChI is InChI=1S/C13H16FNO3.ClH/c1-15-6-7-18-13(9-15,12(16)17)8-10-2-4-11(14)5-3-10;/h2-5H,6-9H2,1H3,(H,16,17);1H. The van der Waals surface area contributed by atoms with Crippen molar-refractivity contribution >= 4 is 18.4 Å². The second-order valence-electron chi connectivity index (χ2n) is 4.69. The van der Waals surface area contributed by atoms with Gasteiger partial charge < -0.3 is 14.7 Å². The minimum Gasteiger partial charge on any atom is -0.479 e. The fourth-order valence-corrected chi connectivity index (χ4v) is 2.20. The first-order valence-electron chi connectivity index (χ1n) is 5.82. The zero-order valence-electron chi connectivity index (χ0n) is 10.6. The summed E-state index contributed by atoms with van der Waals surface area (Å²) in [4.78, 5) is 13.4. The molecule has 19 heavy (non-hydrogen) atoms. The molecule has 1 aromatic rings. The van der Waals surface area contributed by atoms with Crippen LogP contribution in [0.1, 0.15) is 5.56 Å². The van der Waals surface area contributed by atoms with Gasteiger partial charge in [-0.15, -0.1) is 12.4 Å². The third-order valence-electron chi connectivity index (χ3n) is 3.17. The lowest BCUT2D eigenvalue weighted by molar-refractivity contribution is -0.176. The quantitative estimate of drug-likeness (QED) is 0.918. The summed E-state index contributed by atoms with van der Waals surface area (Å²) in [6.07, 6.45) is 0.243. The highest BCUT2D eigenvalue weighted by Crippen LogP contribution is 2.23. The van der Waals surface area contributed by atoms with Crippen molar-refractivity contribution in [3.05, 3.63) is 35.6 Å². The van der Waals surface area contributed by atoms with Crippen molar-refractivity contribution in [2.75, 3.05) is 26.7 Å². The molecule has 0 aromatic heterocycles. The van der Waals surface area contributed by atoms with E-state index in [9.17, 15) is 14.3 Å². The Bertz CT molecular complexity index is 440. The molecule has 0 saturated carbocycles. The highest BCUT2D eigenvalue weighted by atomic mass is 35.5. The van der Waals surface area contributed by atoms with Gasteiger partial charge in [-0.05, 0) is 24.7 Å². The van der Waals surface area contributed by atoms with Gasteiger partial charge in [0.2, 0.25) is 0 Å². The van der Waals surface area contributed by atoms with Crippen molar-refractivity contribution in [1.29, 1.82) is 0 Å². The largest absolute Gasteiger partial charge is 0.479 e. The third kappa shape index (κ3) is 3.65. The van der Waals surface area contributed by atoms with Crippen molar-refractivity contribution in [3.63, 3.8) is 0 Å². The second kappa shape index (κ2) is 6.32. The molecule has 1 aliphatic rings. The summed E-state index contributed by atoms with van der Waals surface area (Å²) in [5.74, 6) is -1.30. The first-order valence-corrected chi connectivity index (χ1v) is 5.82. The number of benzene rings is 1. The predicted octanol–water partition coefficient (Wildman–Crippen LogP) is 1.58. The topological polar surface area (TPSA) is 49.8 Å². The number of halogens is 2. The number of nitrogens with zero attached hydrogens (tertiary/aromatic N) is 1. The van der Waals surface area contributed by atoms with Gasteiger partial charge in [0.15, 0.2) is 5.60 Å². The molecule has 6 heteroatoms. The highest BCUT2D eigenvalue weighted by Gasteiger charge is 2.43. The molecule has 1 atom stereocenters. The molecule has 1 aliphatic heterocycles. The molecule has 1 unspecified atom stereocenters. The fourth-order valence-electron chi connectivity index (χ4n) is 2.20. The van der Waals surface area contributed by atoms with Gasteiger partial charge >= 0.3 is 5.97 Å².